The summed E-state index contributed by atoms with van der Waals surface area (Å²) in [6, 6.07) is 19.3. The summed E-state index contributed by atoms with van der Waals surface area (Å²) in [5, 5.41) is 17.5. The first-order valence-electron chi connectivity index (χ1n) is 6.56. The molecule has 3 aromatic carbocycles. The van der Waals surface area contributed by atoms with Gasteiger partial charge in [0.05, 0.1) is 12.5 Å². The number of benzene rings is 3. The van der Waals surface area contributed by atoms with Gasteiger partial charge in [0.1, 0.15) is 0 Å². The van der Waals surface area contributed by atoms with E-state index < -0.39 is 0 Å². The van der Waals surface area contributed by atoms with Crippen molar-refractivity contribution >= 4 is 43.0 Å². The third-order valence-corrected chi connectivity index (χ3v) is 4.86. The van der Waals surface area contributed by atoms with Crippen LogP contribution in [0.5, 0.6) is 0 Å². The number of hydrogen-bond donors (Lipinski definition) is 0. The Balaban J connectivity index is 2.35. The quantitative estimate of drug-likeness (QED) is 0.433. The van der Waals surface area contributed by atoms with E-state index in [1.807, 2.05) is 0 Å². The van der Waals surface area contributed by atoms with Crippen molar-refractivity contribution in [1.29, 1.82) is 5.26 Å². The highest BCUT2D eigenvalue weighted by Crippen LogP contribution is 2.40. The molecule has 0 N–H and O–H groups in total. The topological polar surface area (TPSA) is 23.8 Å². The number of nitrogens with zero attached hydrogens (tertiary/aromatic N) is 1. The first kappa shape index (κ1) is 11.5. The number of nitriles is 1. The van der Waals surface area contributed by atoms with Crippen LogP contribution in [0.3, 0.4) is 0 Å². The standard InChI is InChI=1S/C18H11NS/c19-10-9-12-11-20-18-16-8-4-2-6-14(16)13-5-1-3-7-15(13)17(12)18/h1-8,11H,9H2. The number of fused-ring (bicyclic) bond motifs is 6. The van der Waals surface area contributed by atoms with E-state index >= 15 is 0 Å². The molecular formula is C18H11NS. The number of rotatable bonds is 1. The Bertz CT molecular complexity index is 989. The van der Waals surface area contributed by atoms with Crippen molar-refractivity contribution in [2.24, 2.45) is 0 Å². The molecule has 0 aliphatic rings. The number of thiophene rings is 1. The van der Waals surface area contributed by atoms with Crippen LogP contribution in [0.4, 0.5) is 0 Å². The van der Waals surface area contributed by atoms with E-state index in [0.717, 1.165) is 5.56 Å². The fraction of sp³-hybridized carbons (Fsp3) is 0.0556. The van der Waals surface area contributed by atoms with Gasteiger partial charge in [0.15, 0.2) is 0 Å². The average molecular weight is 273 g/mol. The lowest BCUT2D eigenvalue weighted by atomic mass is 9.96. The van der Waals surface area contributed by atoms with Crippen molar-refractivity contribution in [3.05, 3.63) is 59.5 Å². The second-order valence-corrected chi connectivity index (χ2v) is 5.77. The van der Waals surface area contributed by atoms with Crippen molar-refractivity contribution < 1.29 is 0 Å². The third kappa shape index (κ3) is 1.47. The summed E-state index contributed by atoms with van der Waals surface area (Å²) >= 11 is 1.75. The zero-order chi connectivity index (χ0) is 13.5. The van der Waals surface area contributed by atoms with Crippen LogP contribution in [-0.4, -0.2) is 0 Å². The summed E-state index contributed by atoms with van der Waals surface area (Å²) < 4.78 is 1.30. The maximum Gasteiger partial charge on any atom is 0.0670 e. The molecule has 0 aliphatic carbocycles. The van der Waals surface area contributed by atoms with E-state index in [9.17, 15) is 0 Å². The van der Waals surface area contributed by atoms with Gasteiger partial charge in [0.25, 0.3) is 0 Å². The van der Waals surface area contributed by atoms with Gasteiger partial charge >= 0.3 is 0 Å². The van der Waals surface area contributed by atoms with Crippen LogP contribution in [-0.2, 0) is 6.42 Å². The molecule has 0 amide bonds. The molecule has 4 aromatic rings. The molecule has 0 saturated heterocycles. The van der Waals surface area contributed by atoms with Crippen LogP contribution in [0, 0.1) is 11.3 Å². The molecule has 1 heterocycles. The summed E-state index contributed by atoms with van der Waals surface area (Å²) in [5.41, 5.74) is 1.15. The van der Waals surface area contributed by atoms with Gasteiger partial charge in [0.2, 0.25) is 0 Å². The van der Waals surface area contributed by atoms with E-state index in [-0.39, 0.29) is 0 Å². The zero-order valence-electron chi connectivity index (χ0n) is 10.8. The second-order valence-electron chi connectivity index (χ2n) is 4.89. The van der Waals surface area contributed by atoms with E-state index in [0.29, 0.717) is 6.42 Å². The lowest BCUT2D eigenvalue weighted by Crippen LogP contribution is -1.83. The zero-order valence-corrected chi connectivity index (χ0v) is 11.6. The highest BCUT2D eigenvalue weighted by atomic mass is 32.1. The second kappa shape index (κ2) is 4.33. The molecule has 0 aliphatic heterocycles. The molecule has 94 valence electrons. The molecular weight excluding hydrogens is 262 g/mol. The van der Waals surface area contributed by atoms with Gasteiger partial charge in [-0.3, -0.25) is 0 Å². The normalized spacial score (nSPS) is 11.2. The van der Waals surface area contributed by atoms with Crippen LogP contribution >= 0.6 is 11.3 Å². The van der Waals surface area contributed by atoms with E-state index in [1.165, 1.54) is 31.6 Å². The van der Waals surface area contributed by atoms with Gasteiger partial charge < -0.3 is 0 Å². The summed E-state index contributed by atoms with van der Waals surface area (Å²) in [5.74, 6) is 0. The van der Waals surface area contributed by atoms with Crippen LogP contribution in [0.25, 0.3) is 31.6 Å². The fourth-order valence-corrected chi connectivity index (χ4v) is 4.08. The van der Waals surface area contributed by atoms with Gasteiger partial charge in [-0.2, -0.15) is 5.26 Å². The molecule has 1 aromatic heterocycles. The summed E-state index contributed by atoms with van der Waals surface area (Å²) in [7, 11) is 0. The minimum atomic E-state index is 0.475. The van der Waals surface area contributed by atoms with E-state index in [2.05, 4.69) is 60.0 Å². The SMILES string of the molecule is N#CCc1csc2c3ccccc3c3ccccc3c12. The summed E-state index contributed by atoms with van der Waals surface area (Å²) in [4.78, 5) is 0. The minimum absolute atomic E-state index is 0.475. The summed E-state index contributed by atoms with van der Waals surface area (Å²) in [6.07, 6.45) is 0.475. The monoisotopic (exact) mass is 273 g/mol. The minimum Gasteiger partial charge on any atom is -0.198 e. The van der Waals surface area contributed by atoms with Gasteiger partial charge in [0, 0.05) is 15.5 Å². The van der Waals surface area contributed by atoms with E-state index in [4.69, 9.17) is 5.26 Å². The Kier molecular flexibility index (Phi) is 2.48. The van der Waals surface area contributed by atoms with E-state index in [1.54, 1.807) is 11.3 Å². The predicted molar refractivity (Wildman–Crippen MR) is 86.2 cm³/mol. The van der Waals surface area contributed by atoms with Crippen molar-refractivity contribution in [1.82, 2.24) is 0 Å². The lowest BCUT2D eigenvalue weighted by Gasteiger charge is -2.07. The Morgan fingerprint density at radius 2 is 1.45 bits per heavy atom. The first-order valence-corrected chi connectivity index (χ1v) is 7.44. The smallest absolute Gasteiger partial charge is 0.0670 e. The molecule has 0 radical (unpaired) electrons. The van der Waals surface area contributed by atoms with Crippen LogP contribution in [0.15, 0.2) is 53.9 Å². The molecule has 0 unspecified atom stereocenters. The van der Waals surface area contributed by atoms with Gasteiger partial charge in [-0.15, -0.1) is 11.3 Å². The maximum absolute atomic E-state index is 9.04. The van der Waals surface area contributed by atoms with Gasteiger partial charge in [-0.05, 0) is 27.1 Å². The number of hydrogen-bond acceptors (Lipinski definition) is 2. The molecule has 0 saturated carbocycles. The largest absolute Gasteiger partial charge is 0.198 e. The fourth-order valence-electron chi connectivity index (χ4n) is 2.95. The van der Waals surface area contributed by atoms with Crippen LogP contribution < -0.4 is 0 Å². The van der Waals surface area contributed by atoms with Gasteiger partial charge in [-0.1, -0.05) is 48.5 Å². The lowest BCUT2D eigenvalue weighted by molar-refractivity contribution is 1.31. The predicted octanol–water partition coefficient (Wildman–Crippen LogP) is 5.27. The molecule has 4 rings (SSSR count). The van der Waals surface area contributed by atoms with Crippen molar-refractivity contribution in [2.75, 3.05) is 0 Å². The van der Waals surface area contributed by atoms with Crippen molar-refractivity contribution in [2.45, 2.75) is 6.42 Å². The Morgan fingerprint density at radius 1 is 0.850 bits per heavy atom. The Hall–Kier alpha value is -2.37. The molecule has 0 spiro atoms. The average Bonchev–Trinajstić information content (AvgIpc) is 2.92. The summed E-state index contributed by atoms with van der Waals surface area (Å²) in [6.45, 7) is 0. The molecule has 20 heavy (non-hydrogen) atoms. The Morgan fingerprint density at radius 3 is 2.15 bits per heavy atom. The molecule has 0 fully saturated rings. The third-order valence-electron chi connectivity index (χ3n) is 3.79. The van der Waals surface area contributed by atoms with Crippen LogP contribution in [0.1, 0.15) is 5.56 Å². The molecule has 1 nitrogen and oxygen atoms in total. The highest BCUT2D eigenvalue weighted by Gasteiger charge is 2.12. The molecule has 0 bridgehead atoms. The first-order chi connectivity index (χ1) is 9.90. The Labute approximate surface area is 120 Å². The molecule has 0 atom stereocenters. The van der Waals surface area contributed by atoms with Crippen LogP contribution in [0.2, 0.25) is 0 Å². The van der Waals surface area contributed by atoms with Gasteiger partial charge in [-0.25, -0.2) is 0 Å². The molecule has 2 heteroatoms. The van der Waals surface area contributed by atoms with Crippen molar-refractivity contribution in [3.8, 4) is 6.07 Å². The maximum atomic E-state index is 9.04. The highest BCUT2D eigenvalue weighted by molar-refractivity contribution is 7.18. The van der Waals surface area contributed by atoms with Crippen molar-refractivity contribution in [3.63, 3.8) is 0 Å².